The van der Waals surface area contributed by atoms with Crippen molar-refractivity contribution < 1.29 is 14.3 Å². The number of aromatic nitrogens is 4. The Morgan fingerprint density at radius 1 is 1.14 bits per heavy atom. The smallest absolute Gasteiger partial charge is 0.293 e. The lowest BCUT2D eigenvalue weighted by atomic mass is 10.1. The third-order valence-corrected chi connectivity index (χ3v) is 5.99. The Bertz CT molecular complexity index is 1220. The minimum atomic E-state index is -0.320. The lowest BCUT2D eigenvalue weighted by Crippen LogP contribution is -2.39. The van der Waals surface area contributed by atoms with Gasteiger partial charge in [0.05, 0.1) is 25.8 Å². The summed E-state index contributed by atoms with van der Waals surface area (Å²) in [5.74, 6) is 0.555. The van der Waals surface area contributed by atoms with Gasteiger partial charge in [-0.1, -0.05) is 6.92 Å². The molecule has 3 aromatic heterocycles. The Hall–Kier alpha value is -3.57. The highest BCUT2D eigenvalue weighted by Crippen LogP contribution is 2.23. The predicted molar refractivity (Wildman–Crippen MR) is 137 cm³/mol. The first-order valence-electron chi connectivity index (χ1n) is 12.3. The van der Waals surface area contributed by atoms with E-state index in [0.29, 0.717) is 49.9 Å². The summed E-state index contributed by atoms with van der Waals surface area (Å²) in [4.78, 5) is 41.2. The predicted octanol–water partition coefficient (Wildman–Crippen LogP) is 1.52. The Balaban J connectivity index is 1.62. The fourth-order valence-corrected chi connectivity index (χ4v) is 4.06. The van der Waals surface area contributed by atoms with E-state index in [1.54, 1.807) is 35.0 Å². The quantitative estimate of drug-likeness (QED) is 0.403. The van der Waals surface area contributed by atoms with Gasteiger partial charge in [-0.05, 0) is 31.5 Å². The van der Waals surface area contributed by atoms with Gasteiger partial charge in [0.2, 0.25) is 11.8 Å². The van der Waals surface area contributed by atoms with E-state index >= 15 is 0 Å². The zero-order valence-corrected chi connectivity index (χ0v) is 20.8. The zero-order chi connectivity index (χ0) is 25.3. The van der Waals surface area contributed by atoms with E-state index in [0.717, 1.165) is 37.1 Å². The van der Waals surface area contributed by atoms with Crippen LogP contribution < -0.4 is 20.9 Å². The summed E-state index contributed by atoms with van der Waals surface area (Å²) < 4.78 is 12.4. The normalized spacial score (nSPS) is 14.0. The number of nitrogens with one attached hydrogen (secondary N) is 2. The van der Waals surface area contributed by atoms with Crippen LogP contribution in [-0.2, 0) is 16.1 Å². The van der Waals surface area contributed by atoms with Crippen LogP contribution in [0.1, 0.15) is 19.8 Å². The van der Waals surface area contributed by atoms with Crippen LogP contribution in [-0.4, -0.2) is 83.4 Å². The SMILES string of the molecule is CCCOCCn1c(=O)c(NCC(=O)N2CCCNCC2)nc2ncc(-c3ccc(OC)nc3)cc21. The lowest BCUT2D eigenvalue weighted by molar-refractivity contribution is -0.129. The van der Waals surface area contributed by atoms with Crippen LogP contribution in [0.2, 0.25) is 0 Å². The second-order valence-electron chi connectivity index (χ2n) is 8.52. The molecule has 4 heterocycles. The number of ether oxygens (including phenoxy) is 2. The minimum absolute atomic E-state index is 0.00428. The number of hydrogen-bond donors (Lipinski definition) is 2. The molecular formula is C25H33N7O4. The van der Waals surface area contributed by atoms with Crippen molar-refractivity contribution in [3.63, 3.8) is 0 Å². The third kappa shape index (κ3) is 6.16. The summed E-state index contributed by atoms with van der Waals surface area (Å²) >= 11 is 0. The number of nitrogens with zero attached hydrogens (tertiary/aromatic N) is 5. The zero-order valence-electron chi connectivity index (χ0n) is 20.8. The van der Waals surface area contributed by atoms with Crippen LogP contribution in [0, 0.1) is 0 Å². The van der Waals surface area contributed by atoms with Gasteiger partial charge in [-0.2, -0.15) is 0 Å². The summed E-state index contributed by atoms with van der Waals surface area (Å²) in [6.07, 6.45) is 5.19. The highest BCUT2D eigenvalue weighted by atomic mass is 16.5. The molecule has 11 nitrogen and oxygen atoms in total. The van der Waals surface area contributed by atoms with Crippen LogP contribution in [0.15, 0.2) is 35.4 Å². The summed E-state index contributed by atoms with van der Waals surface area (Å²) in [5, 5.41) is 6.25. The van der Waals surface area contributed by atoms with Crippen molar-refractivity contribution in [2.24, 2.45) is 0 Å². The van der Waals surface area contributed by atoms with Gasteiger partial charge in [0.25, 0.3) is 5.56 Å². The number of amides is 1. The number of fused-ring (bicyclic) bond motifs is 1. The van der Waals surface area contributed by atoms with Gasteiger partial charge in [-0.25, -0.2) is 15.0 Å². The van der Waals surface area contributed by atoms with Crippen molar-refractivity contribution >= 4 is 22.9 Å². The molecule has 4 rings (SSSR count). The van der Waals surface area contributed by atoms with Gasteiger partial charge in [0, 0.05) is 62.4 Å². The van der Waals surface area contributed by atoms with Gasteiger partial charge >= 0.3 is 0 Å². The molecule has 2 N–H and O–H groups in total. The van der Waals surface area contributed by atoms with Crippen LogP contribution >= 0.6 is 0 Å². The third-order valence-electron chi connectivity index (χ3n) is 5.99. The fraction of sp³-hybridized carbons (Fsp3) is 0.480. The standard InChI is InChI=1S/C25H33N7O4/c1-3-12-36-13-11-32-20-14-19(18-5-6-21(35-2)27-15-18)16-28-23(20)30-24(25(32)34)29-17-22(33)31-9-4-7-26-8-10-31/h5-6,14-16,26H,3-4,7-13,17H2,1-2H3,(H,28,29,30). The number of pyridine rings is 2. The summed E-state index contributed by atoms with van der Waals surface area (Å²) in [5.41, 5.74) is 2.31. The molecule has 0 atom stereocenters. The highest BCUT2D eigenvalue weighted by Gasteiger charge is 2.18. The number of hydrogen-bond acceptors (Lipinski definition) is 9. The topological polar surface area (TPSA) is 124 Å². The Kier molecular flexibility index (Phi) is 8.80. The molecular weight excluding hydrogens is 462 g/mol. The van der Waals surface area contributed by atoms with E-state index in [2.05, 4.69) is 25.6 Å². The first-order chi connectivity index (χ1) is 17.6. The van der Waals surface area contributed by atoms with E-state index in [1.807, 2.05) is 19.1 Å². The van der Waals surface area contributed by atoms with Crippen LogP contribution in [0.5, 0.6) is 5.88 Å². The van der Waals surface area contributed by atoms with E-state index < -0.39 is 0 Å². The first-order valence-corrected chi connectivity index (χ1v) is 12.3. The van der Waals surface area contributed by atoms with Crippen LogP contribution in [0.4, 0.5) is 5.82 Å². The van der Waals surface area contributed by atoms with Crippen molar-refractivity contribution in [2.75, 3.05) is 58.4 Å². The van der Waals surface area contributed by atoms with Gasteiger partial charge in [0.1, 0.15) is 0 Å². The molecule has 0 aliphatic carbocycles. The molecule has 0 saturated carbocycles. The number of rotatable bonds is 10. The minimum Gasteiger partial charge on any atom is -0.481 e. The molecule has 1 saturated heterocycles. The molecule has 11 heteroatoms. The molecule has 0 aromatic carbocycles. The highest BCUT2D eigenvalue weighted by molar-refractivity contribution is 5.82. The molecule has 1 aliphatic heterocycles. The van der Waals surface area contributed by atoms with Crippen molar-refractivity contribution in [2.45, 2.75) is 26.3 Å². The van der Waals surface area contributed by atoms with Gasteiger partial charge in [-0.15, -0.1) is 0 Å². The first kappa shape index (κ1) is 25.5. The maximum absolute atomic E-state index is 13.4. The molecule has 0 unspecified atom stereocenters. The average Bonchev–Trinajstić information content (AvgIpc) is 3.20. The second kappa shape index (κ2) is 12.4. The van der Waals surface area contributed by atoms with Crippen molar-refractivity contribution in [3.05, 3.63) is 40.9 Å². The molecule has 1 amide bonds. The van der Waals surface area contributed by atoms with Crippen molar-refractivity contribution in [1.82, 2.24) is 29.7 Å². The average molecular weight is 496 g/mol. The summed E-state index contributed by atoms with van der Waals surface area (Å²) in [7, 11) is 1.56. The number of methoxy groups -OCH3 is 1. The maximum atomic E-state index is 13.4. The molecule has 36 heavy (non-hydrogen) atoms. The molecule has 192 valence electrons. The van der Waals surface area contributed by atoms with Gasteiger partial charge in [0.15, 0.2) is 11.5 Å². The summed E-state index contributed by atoms with van der Waals surface area (Å²) in [6.45, 7) is 6.36. The molecule has 0 bridgehead atoms. The number of carbonyl (C=O) groups is 1. The van der Waals surface area contributed by atoms with Gasteiger partial charge < -0.3 is 25.0 Å². The molecule has 0 radical (unpaired) electrons. The number of carbonyl (C=O) groups excluding carboxylic acids is 1. The Morgan fingerprint density at radius 3 is 2.78 bits per heavy atom. The Morgan fingerprint density at radius 2 is 2.00 bits per heavy atom. The van der Waals surface area contributed by atoms with Crippen molar-refractivity contribution in [3.8, 4) is 17.0 Å². The largest absolute Gasteiger partial charge is 0.481 e. The van der Waals surface area contributed by atoms with E-state index in [1.165, 1.54) is 0 Å². The second-order valence-corrected chi connectivity index (χ2v) is 8.52. The van der Waals surface area contributed by atoms with E-state index in [-0.39, 0.29) is 23.8 Å². The molecule has 3 aromatic rings. The van der Waals surface area contributed by atoms with Crippen LogP contribution in [0.25, 0.3) is 22.3 Å². The lowest BCUT2D eigenvalue weighted by Gasteiger charge is -2.20. The maximum Gasteiger partial charge on any atom is 0.293 e. The number of anilines is 1. The summed E-state index contributed by atoms with van der Waals surface area (Å²) in [6, 6.07) is 5.53. The monoisotopic (exact) mass is 495 g/mol. The van der Waals surface area contributed by atoms with E-state index in [4.69, 9.17) is 9.47 Å². The van der Waals surface area contributed by atoms with Gasteiger partial charge in [-0.3, -0.25) is 14.2 Å². The molecule has 0 spiro atoms. The van der Waals surface area contributed by atoms with Crippen LogP contribution in [0.3, 0.4) is 0 Å². The molecule has 1 fully saturated rings. The Labute approximate surface area is 209 Å². The fourth-order valence-electron chi connectivity index (χ4n) is 4.06. The van der Waals surface area contributed by atoms with Crippen molar-refractivity contribution in [1.29, 1.82) is 0 Å². The van der Waals surface area contributed by atoms with E-state index in [9.17, 15) is 9.59 Å². The molecule has 1 aliphatic rings.